The Hall–Kier alpha value is -1.79. The summed E-state index contributed by atoms with van der Waals surface area (Å²) in [4.78, 5) is 28.7. The molecule has 1 heterocycles. The smallest absolute Gasteiger partial charge is 0.351 e. The maximum absolute atomic E-state index is 12.0. The van der Waals surface area contributed by atoms with E-state index in [1.54, 1.807) is 18.2 Å². The van der Waals surface area contributed by atoms with E-state index >= 15 is 0 Å². The van der Waals surface area contributed by atoms with Crippen molar-refractivity contribution < 1.29 is 23.9 Å². The second-order valence-electron chi connectivity index (χ2n) is 4.12. The van der Waals surface area contributed by atoms with Crippen LogP contribution in [0.4, 0.5) is 0 Å². The second kappa shape index (κ2) is 6.32. The maximum Gasteiger partial charge on any atom is 0.351 e. The molecule has 0 fully saturated rings. The van der Waals surface area contributed by atoms with E-state index in [2.05, 4.69) is 9.89 Å². The van der Waals surface area contributed by atoms with Gasteiger partial charge < -0.3 is 14.3 Å². The van der Waals surface area contributed by atoms with E-state index in [9.17, 15) is 9.59 Å². The first-order chi connectivity index (χ1) is 10.0. The predicted octanol–water partition coefficient (Wildman–Crippen LogP) is 2.06. The zero-order valence-electron chi connectivity index (χ0n) is 11.1. The van der Waals surface area contributed by atoms with Crippen LogP contribution in [0.15, 0.2) is 23.4 Å². The van der Waals surface area contributed by atoms with Crippen LogP contribution in [-0.2, 0) is 23.9 Å². The Kier molecular flexibility index (Phi) is 4.69. The quantitative estimate of drug-likeness (QED) is 0.792. The van der Waals surface area contributed by atoms with Gasteiger partial charge in [0.2, 0.25) is 6.10 Å². The van der Waals surface area contributed by atoms with E-state index in [4.69, 9.17) is 32.8 Å². The summed E-state index contributed by atoms with van der Waals surface area (Å²) in [6, 6.07) is 4.83. The standard InChI is InChI=1S/C13H11Cl2NO5/c1-19-12(17)9-10(16-21-11(9)13(18)20-2)8-6(14)4-3-5-7(8)15/h3-5,9,11H,1-2H3/t9-,11+/m1/s1. The molecule has 1 aromatic rings. The Bertz CT molecular complexity index is 596. The van der Waals surface area contributed by atoms with Crippen molar-refractivity contribution in [3.63, 3.8) is 0 Å². The third kappa shape index (κ3) is 2.82. The molecule has 0 spiro atoms. The van der Waals surface area contributed by atoms with Crippen LogP contribution in [0.1, 0.15) is 5.56 Å². The summed E-state index contributed by atoms with van der Waals surface area (Å²) >= 11 is 12.2. The molecular weight excluding hydrogens is 321 g/mol. The first kappa shape index (κ1) is 15.6. The Morgan fingerprint density at radius 2 is 1.71 bits per heavy atom. The van der Waals surface area contributed by atoms with Gasteiger partial charge >= 0.3 is 11.9 Å². The SMILES string of the molecule is COC(=O)[C@@H]1C(c2c(Cl)cccc2Cl)=NO[C@@H]1C(=O)OC. The minimum atomic E-state index is -1.23. The van der Waals surface area contributed by atoms with E-state index in [0.29, 0.717) is 5.56 Å². The lowest BCUT2D eigenvalue weighted by Gasteiger charge is -2.15. The van der Waals surface area contributed by atoms with Crippen LogP contribution in [0.25, 0.3) is 0 Å². The lowest BCUT2D eigenvalue weighted by molar-refractivity contribution is -0.161. The van der Waals surface area contributed by atoms with E-state index in [0.717, 1.165) is 0 Å². The highest BCUT2D eigenvalue weighted by Gasteiger charge is 2.47. The Morgan fingerprint density at radius 3 is 2.24 bits per heavy atom. The van der Waals surface area contributed by atoms with Crippen molar-refractivity contribution in [2.75, 3.05) is 14.2 Å². The summed E-state index contributed by atoms with van der Waals surface area (Å²) in [5, 5.41) is 4.34. The van der Waals surface area contributed by atoms with Gasteiger partial charge in [-0.25, -0.2) is 4.79 Å². The molecule has 2 atom stereocenters. The average molecular weight is 332 g/mol. The molecular formula is C13H11Cl2NO5. The van der Waals surface area contributed by atoms with Crippen molar-refractivity contribution in [1.29, 1.82) is 0 Å². The summed E-state index contributed by atoms with van der Waals surface area (Å²) in [5.74, 6) is -2.54. The number of halogens is 2. The molecule has 0 radical (unpaired) electrons. The van der Waals surface area contributed by atoms with Gasteiger partial charge in [0.05, 0.1) is 24.3 Å². The van der Waals surface area contributed by atoms with Crippen LogP contribution in [0.5, 0.6) is 0 Å². The summed E-state index contributed by atoms with van der Waals surface area (Å²) in [6.45, 7) is 0. The van der Waals surface area contributed by atoms with Gasteiger partial charge in [-0.15, -0.1) is 0 Å². The molecule has 0 saturated carbocycles. The van der Waals surface area contributed by atoms with Gasteiger partial charge in [-0.1, -0.05) is 34.4 Å². The van der Waals surface area contributed by atoms with Crippen molar-refractivity contribution in [3.05, 3.63) is 33.8 Å². The van der Waals surface area contributed by atoms with E-state index in [-0.39, 0.29) is 15.8 Å². The second-order valence-corrected chi connectivity index (χ2v) is 4.94. The van der Waals surface area contributed by atoms with Crippen LogP contribution in [-0.4, -0.2) is 38.0 Å². The van der Waals surface area contributed by atoms with E-state index in [1.165, 1.54) is 14.2 Å². The van der Waals surface area contributed by atoms with Gasteiger partial charge in [0.25, 0.3) is 0 Å². The van der Waals surface area contributed by atoms with Crippen LogP contribution >= 0.6 is 23.2 Å². The van der Waals surface area contributed by atoms with Crippen molar-refractivity contribution in [2.45, 2.75) is 6.10 Å². The zero-order valence-corrected chi connectivity index (χ0v) is 12.6. The number of hydrogen-bond acceptors (Lipinski definition) is 6. The van der Waals surface area contributed by atoms with Crippen LogP contribution < -0.4 is 0 Å². The Labute approximate surface area is 130 Å². The van der Waals surface area contributed by atoms with Crippen LogP contribution in [0.2, 0.25) is 10.0 Å². The van der Waals surface area contributed by atoms with Crippen LogP contribution in [0, 0.1) is 5.92 Å². The largest absolute Gasteiger partial charge is 0.468 e. The number of hydrogen-bond donors (Lipinski definition) is 0. The number of esters is 2. The monoisotopic (exact) mass is 331 g/mol. The summed E-state index contributed by atoms with van der Waals surface area (Å²) in [5.41, 5.74) is 0.454. The number of nitrogens with zero attached hydrogens (tertiary/aromatic N) is 1. The van der Waals surface area contributed by atoms with Gasteiger partial charge in [0, 0.05) is 5.56 Å². The van der Waals surface area contributed by atoms with Gasteiger partial charge in [0.15, 0.2) is 5.92 Å². The number of carbonyl (C=O) groups excluding carboxylic acids is 2. The lowest BCUT2D eigenvalue weighted by Crippen LogP contribution is -2.38. The molecule has 0 N–H and O–H groups in total. The first-order valence-corrected chi connectivity index (χ1v) is 6.60. The highest BCUT2D eigenvalue weighted by molar-refractivity contribution is 6.41. The summed E-state index contributed by atoms with van der Waals surface area (Å²) in [7, 11) is 2.38. The molecule has 112 valence electrons. The minimum absolute atomic E-state index is 0.132. The minimum Gasteiger partial charge on any atom is -0.468 e. The summed E-state index contributed by atoms with van der Waals surface area (Å²) in [6.07, 6.45) is -1.23. The third-order valence-electron chi connectivity index (χ3n) is 2.97. The average Bonchev–Trinajstić information content (AvgIpc) is 2.90. The number of ether oxygens (including phenoxy) is 2. The highest BCUT2D eigenvalue weighted by Crippen LogP contribution is 2.33. The van der Waals surface area contributed by atoms with E-state index < -0.39 is 24.0 Å². The number of benzene rings is 1. The van der Waals surface area contributed by atoms with Crippen molar-refractivity contribution in [1.82, 2.24) is 0 Å². The highest BCUT2D eigenvalue weighted by atomic mass is 35.5. The molecule has 8 heteroatoms. The molecule has 21 heavy (non-hydrogen) atoms. The molecule has 1 aliphatic rings. The predicted molar refractivity (Wildman–Crippen MR) is 75.4 cm³/mol. The Balaban J connectivity index is 2.48. The third-order valence-corrected chi connectivity index (χ3v) is 3.60. The van der Waals surface area contributed by atoms with Crippen molar-refractivity contribution in [3.8, 4) is 0 Å². The molecule has 6 nitrogen and oxygen atoms in total. The van der Waals surface area contributed by atoms with Gasteiger partial charge in [-0.3, -0.25) is 4.79 Å². The number of carbonyl (C=O) groups is 2. The number of rotatable bonds is 3. The molecule has 0 saturated heterocycles. The molecule has 0 amide bonds. The van der Waals surface area contributed by atoms with Gasteiger partial charge in [-0.05, 0) is 12.1 Å². The Morgan fingerprint density at radius 1 is 1.14 bits per heavy atom. The lowest BCUT2D eigenvalue weighted by atomic mass is 9.92. The van der Waals surface area contributed by atoms with Crippen molar-refractivity contribution >= 4 is 40.9 Å². The molecule has 0 unspecified atom stereocenters. The fourth-order valence-corrected chi connectivity index (χ4v) is 2.57. The number of methoxy groups -OCH3 is 2. The molecule has 1 aliphatic heterocycles. The van der Waals surface area contributed by atoms with E-state index in [1.807, 2.05) is 0 Å². The fraction of sp³-hybridized carbons (Fsp3) is 0.308. The molecule has 0 aromatic heterocycles. The normalized spacial score (nSPS) is 20.5. The van der Waals surface area contributed by atoms with Crippen LogP contribution in [0.3, 0.4) is 0 Å². The van der Waals surface area contributed by atoms with Gasteiger partial charge in [-0.2, -0.15) is 0 Å². The topological polar surface area (TPSA) is 74.2 Å². The molecule has 0 bridgehead atoms. The summed E-state index contributed by atoms with van der Waals surface area (Å²) < 4.78 is 9.29. The fourth-order valence-electron chi connectivity index (χ4n) is 1.98. The molecule has 0 aliphatic carbocycles. The van der Waals surface area contributed by atoms with Gasteiger partial charge in [0.1, 0.15) is 5.71 Å². The maximum atomic E-state index is 12.0. The molecule has 1 aromatic carbocycles. The zero-order chi connectivity index (χ0) is 15.6. The van der Waals surface area contributed by atoms with Crippen molar-refractivity contribution in [2.24, 2.45) is 11.1 Å². The molecule has 2 rings (SSSR count). The number of oxime groups is 1. The first-order valence-electron chi connectivity index (χ1n) is 5.85.